The second-order valence-corrected chi connectivity index (χ2v) is 7.86. The monoisotopic (exact) mass is 362 g/mol. The zero-order valence-corrected chi connectivity index (χ0v) is 14.5. The Kier molecular flexibility index (Phi) is 4.43. The molecule has 0 saturated heterocycles. The summed E-state index contributed by atoms with van der Waals surface area (Å²) < 4.78 is 23.6. The minimum Gasteiger partial charge on any atom is -0.300 e. The molecule has 1 amide bonds. The number of hydrogen-bond acceptors (Lipinski definition) is 4. The first-order valence-corrected chi connectivity index (χ1v) is 9.38. The maximum Gasteiger partial charge on any atom is 0.260 e. The minimum atomic E-state index is -3.31. The van der Waals surface area contributed by atoms with Crippen molar-refractivity contribution < 1.29 is 13.2 Å². The molecule has 2 heterocycles. The molecule has 0 radical (unpaired) electrons. The van der Waals surface area contributed by atoms with Crippen LogP contribution in [0.15, 0.2) is 54.2 Å². The van der Waals surface area contributed by atoms with Gasteiger partial charge in [-0.2, -0.15) is 0 Å². The average Bonchev–Trinajstić information content (AvgIpc) is 2.92. The van der Waals surface area contributed by atoms with Gasteiger partial charge < -0.3 is 4.90 Å². The quantitative estimate of drug-likeness (QED) is 0.841. The van der Waals surface area contributed by atoms with Crippen LogP contribution < -0.4 is 4.90 Å². The number of carbonyl (C=O) groups excluding carboxylic acids is 1. The first kappa shape index (κ1) is 16.7. The standard InChI is InChI=1S/C17H15ClN2O3S/c1-12-15(18)5-2-6-16(12)20(14-7-9-24(22,23)11-14)17(21)13-4-3-8-19-10-13/h2-10,14H,11H2,1H3. The van der Waals surface area contributed by atoms with Crippen LogP contribution in [0.2, 0.25) is 5.02 Å². The summed E-state index contributed by atoms with van der Waals surface area (Å²) >= 11 is 6.18. The van der Waals surface area contributed by atoms with Gasteiger partial charge in [-0.15, -0.1) is 0 Å². The highest BCUT2D eigenvalue weighted by Crippen LogP contribution is 2.31. The summed E-state index contributed by atoms with van der Waals surface area (Å²) in [6, 6.07) is 7.96. The van der Waals surface area contributed by atoms with E-state index < -0.39 is 15.9 Å². The van der Waals surface area contributed by atoms with Crippen molar-refractivity contribution in [2.75, 3.05) is 10.7 Å². The number of halogens is 1. The number of pyridine rings is 1. The SMILES string of the molecule is Cc1c(Cl)cccc1N(C(=O)c1cccnc1)C1C=CS(=O)(=O)C1. The summed E-state index contributed by atoms with van der Waals surface area (Å²) in [5, 5.41) is 1.67. The predicted molar refractivity (Wildman–Crippen MR) is 94.0 cm³/mol. The molecule has 0 aliphatic carbocycles. The van der Waals surface area contributed by atoms with E-state index >= 15 is 0 Å². The molecule has 1 aliphatic rings. The number of benzene rings is 1. The summed E-state index contributed by atoms with van der Waals surface area (Å²) in [6.45, 7) is 1.80. The lowest BCUT2D eigenvalue weighted by molar-refractivity contribution is 0.0982. The Bertz CT molecular complexity index is 911. The molecule has 5 nitrogen and oxygen atoms in total. The summed E-state index contributed by atoms with van der Waals surface area (Å²) in [4.78, 5) is 18.5. The van der Waals surface area contributed by atoms with E-state index in [1.807, 2.05) is 0 Å². The van der Waals surface area contributed by atoms with Gasteiger partial charge in [0.2, 0.25) is 0 Å². The van der Waals surface area contributed by atoms with Crippen molar-refractivity contribution in [3.8, 4) is 0 Å². The van der Waals surface area contributed by atoms with Gasteiger partial charge in [0.15, 0.2) is 9.84 Å². The normalized spacial score (nSPS) is 18.5. The van der Waals surface area contributed by atoms with Crippen LogP contribution in [0.1, 0.15) is 15.9 Å². The number of rotatable bonds is 3. The predicted octanol–water partition coefficient (Wildman–Crippen LogP) is 3.00. The van der Waals surface area contributed by atoms with Gasteiger partial charge in [-0.3, -0.25) is 9.78 Å². The molecule has 0 fully saturated rings. The van der Waals surface area contributed by atoms with Gasteiger partial charge in [-0.05, 0) is 42.8 Å². The second kappa shape index (κ2) is 6.37. The van der Waals surface area contributed by atoms with E-state index in [2.05, 4.69) is 4.98 Å². The van der Waals surface area contributed by atoms with Crippen molar-refractivity contribution in [1.82, 2.24) is 4.98 Å². The van der Waals surface area contributed by atoms with E-state index in [0.717, 1.165) is 5.41 Å². The van der Waals surface area contributed by atoms with Crippen LogP contribution in [0.4, 0.5) is 5.69 Å². The van der Waals surface area contributed by atoms with Gasteiger partial charge in [0.05, 0.1) is 17.4 Å². The number of hydrogen-bond donors (Lipinski definition) is 0. The van der Waals surface area contributed by atoms with Crippen molar-refractivity contribution in [3.63, 3.8) is 0 Å². The topological polar surface area (TPSA) is 67.3 Å². The molecule has 1 aliphatic heterocycles. The Balaban J connectivity index is 2.10. The van der Waals surface area contributed by atoms with Gasteiger partial charge in [0.1, 0.15) is 0 Å². The van der Waals surface area contributed by atoms with Crippen LogP contribution in [0, 0.1) is 6.92 Å². The third-order valence-corrected chi connectivity index (χ3v) is 5.66. The minimum absolute atomic E-state index is 0.148. The van der Waals surface area contributed by atoms with Gasteiger partial charge in [-0.1, -0.05) is 17.7 Å². The van der Waals surface area contributed by atoms with Gasteiger partial charge in [-0.25, -0.2) is 8.42 Å². The number of sulfone groups is 1. The average molecular weight is 363 g/mol. The van der Waals surface area contributed by atoms with Crippen LogP contribution in [-0.4, -0.2) is 31.1 Å². The van der Waals surface area contributed by atoms with Gasteiger partial charge >= 0.3 is 0 Å². The van der Waals surface area contributed by atoms with E-state index in [1.54, 1.807) is 43.5 Å². The highest BCUT2D eigenvalue weighted by molar-refractivity contribution is 7.94. The van der Waals surface area contributed by atoms with Crippen molar-refractivity contribution in [2.45, 2.75) is 13.0 Å². The van der Waals surface area contributed by atoms with Crippen LogP contribution >= 0.6 is 11.6 Å². The van der Waals surface area contributed by atoms with Crippen molar-refractivity contribution in [1.29, 1.82) is 0 Å². The van der Waals surface area contributed by atoms with E-state index in [1.165, 1.54) is 17.2 Å². The molecule has 124 valence electrons. The Hall–Kier alpha value is -2.18. The molecule has 1 aromatic heterocycles. The first-order valence-electron chi connectivity index (χ1n) is 7.29. The molecular formula is C17H15ClN2O3S. The zero-order valence-electron chi connectivity index (χ0n) is 12.9. The van der Waals surface area contributed by atoms with Crippen molar-refractivity contribution >= 4 is 33.0 Å². The highest BCUT2D eigenvalue weighted by atomic mass is 35.5. The van der Waals surface area contributed by atoms with Gasteiger partial charge in [0.25, 0.3) is 5.91 Å². The number of amides is 1. The largest absolute Gasteiger partial charge is 0.300 e. The van der Waals surface area contributed by atoms with Crippen molar-refractivity contribution in [3.05, 3.63) is 70.4 Å². The van der Waals surface area contributed by atoms with E-state index in [0.29, 0.717) is 21.8 Å². The Morgan fingerprint density at radius 2 is 2.08 bits per heavy atom. The molecular weight excluding hydrogens is 348 g/mol. The van der Waals surface area contributed by atoms with Crippen molar-refractivity contribution in [2.24, 2.45) is 0 Å². The zero-order chi connectivity index (χ0) is 17.3. The smallest absolute Gasteiger partial charge is 0.260 e. The lowest BCUT2D eigenvalue weighted by atomic mass is 10.1. The summed E-state index contributed by atoms with van der Waals surface area (Å²) in [7, 11) is -3.31. The molecule has 0 bridgehead atoms. The number of anilines is 1. The molecule has 1 atom stereocenters. The third kappa shape index (κ3) is 3.20. The summed E-state index contributed by atoms with van der Waals surface area (Å²) in [5.41, 5.74) is 1.69. The fourth-order valence-corrected chi connectivity index (χ4v) is 4.08. The number of nitrogens with zero attached hydrogens (tertiary/aromatic N) is 2. The molecule has 1 unspecified atom stereocenters. The lowest BCUT2D eigenvalue weighted by Crippen LogP contribution is -2.41. The Morgan fingerprint density at radius 3 is 2.71 bits per heavy atom. The van der Waals surface area contributed by atoms with Crippen LogP contribution in [0.5, 0.6) is 0 Å². The first-order chi connectivity index (χ1) is 11.4. The lowest BCUT2D eigenvalue weighted by Gasteiger charge is -2.29. The van der Waals surface area contributed by atoms with E-state index in [4.69, 9.17) is 11.6 Å². The van der Waals surface area contributed by atoms with Crippen LogP contribution in [0.25, 0.3) is 0 Å². The number of aromatic nitrogens is 1. The van der Waals surface area contributed by atoms with E-state index in [-0.39, 0.29) is 11.7 Å². The molecule has 7 heteroatoms. The molecule has 0 saturated carbocycles. The molecule has 3 rings (SSSR count). The number of carbonyl (C=O) groups is 1. The summed E-state index contributed by atoms with van der Waals surface area (Å²) in [5.74, 6) is -0.467. The molecule has 1 aromatic carbocycles. The molecule has 24 heavy (non-hydrogen) atoms. The molecule has 2 aromatic rings. The second-order valence-electron chi connectivity index (χ2n) is 5.53. The summed E-state index contributed by atoms with van der Waals surface area (Å²) in [6.07, 6.45) is 4.57. The highest BCUT2D eigenvalue weighted by Gasteiger charge is 2.33. The molecule has 0 spiro atoms. The van der Waals surface area contributed by atoms with E-state index in [9.17, 15) is 13.2 Å². The fourth-order valence-electron chi connectivity index (χ4n) is 2.64. The van der Waals surface area contributed by atoms with Crippen LogP contribution in [0.3, 0.4) is 0 Å². The van der Waals surface area contributed by atoms with Crippen LogP contribution in [-0.2, 0) is 9.84 Å². The van der Waals surface area contributed by atoms with Gasteiger partial charge in [0, 0.05) is 28.5 Å². The molecule has 0 N–H and O–H groups in total. The fraction of sp³-hybridized carbons (Fsp3) is 0.176. The Morgan fingerprint density at radius 1 is 1.29 bits per heavy atom. The Labute approximate surface area is 145 Å². The maximum atomic E-state index is 13.0. The maximum absolute atomic E-state index is 13.0. The third-order valence-electron chi connectivity index (χ3n) is 3.87.